The van der Waals surface area contributed by atoms with E-state index in [1.54, 1.807) is 12.5 Å². The largest absolute Gasteiger partial charge is 0.299 e. The fourth-order valence-electron chi connectivity index (χ4n) is 7.62. The van der Waals surface area contributed by atoms with Gasteiger partial charge in [0.15, 0.2) is 0 Å². The van der Waals surface area contributed by atoms with Gasteiger partial charge in [-0.1, -0.05) is 32.3 Å². The van der Waals surface area contributed by atoms with E-state index in [0.717, 1.165) is 48.2 Å². The molecule has 0 aromatic heterocycles. The van der Waals surface area contributed by atoms with Crippen LogP contribution >= 0.6 is 0 Å². The topological polar surface area (TPSA) is 17.1 Å². The van der Waals surface area contributed by atoms with Gasteiger partial charge in [-0.2, -0.15) is 0 Å². The third-order valence-electron chi connectivity index (χ3n) is 8.71. The average Bonchev–Trinajstić information content (AvgIpc) is 2.92. The summed E-state index contributed by atoms with van der Waals surface area (Å²) in [6.45, 7) is 2.60. The standard InChI is InChI=1S/C22H34O/c1-22-14-13-19-18-8-3-2-6-16(18)9-11-20(19)21(22)12-10-17(22)7-4-5-15-23/h4-5,15-21H,2-3,6-14H2,1H3/t16?,17-,18-,19+,20+,21-,22+/m0/s1. The summed E-state index contributed by atoms with van der Waals surface area (Å²) in [5, 5.41) is 0. The van der Waals surface area contributed by atoms with Crippen molar-refractivity contribution in [1.29, 1.82) is 0 Å². The first-order chi connectivity index (χ1) is 11.2. The summed E-state index contributed by atoms with van der Waals surface area (Å²) >= 11 is 0. The molecule has 0 saturated heterocycles. The Kier molecular flexibility index (Phi) is 4.41. The molecule has 0 amide bonds. The average molecular weight is 315 g/mol. The first kappa shape index (κ1) is 15.9. The van der Waals surface area contributed by atoms with E-state index in [1.165, 1.54) is 57.8 Å². The van der Waals surface area contributed by atoms with Gasteiger partial charge in [0.2, 0.25) is 0 Å². The van der Waals surface area contributed by atoms with Gasteiger partial charge in [-0.25, -0.2) is 0 Å². The molecule has 7 atom stereocenters. The molecular weight excluding hydrogens is 280 g/mol. The van der Waals surface area contributed by atoms with Gasteiger partial charge in [-0.05, 0) is 98.4 Å². The highest BCUT2D eigenvalue weighted by atomic mass is 16.1. The first-order valence-electron chi connectivity index (χ1n) is 10.3. The Hall–Kier alpha value is -0.590. The quantitative estimate of drug-likeness (QED) is 0.476. The molecule has 4 saturated carbocycles. The Bertz CT molecular complexity index is 467. The molecule has 0 bridgehead atoms. The highest BCUT2D eigenvalue weighted by Crippen LogP contribution is 2.64. The van der Waals surface area contributed by atoms with Crippen molar-refractivity contribution in [3.63, 3.8) is 0 Å². The summed E-state index contributed by atoms with van der Waals surface area (Å²) in [5.74, 6) is 6.08. The van der Waals surface area contributed by atoms with E-state index < -0.39 is 0 Å². The second-order valence-corrected chi connectivity index (χ2v) is 9.34. The fraction of sp³-hybridized carbons (Fsp3) is 0.864. The Morgan fingerprint density at radius 3 is 2.65 bits per heavy atom. The lowest BCUT2D eigenvalue weighted by molar-refractivity contribution is -0.104. The lowest BCUT2D eigenvalue weighted by Crippen LogP contribution is -2.47. The normalized spacial score (nSPS) is 49.4. The van der Waals surface area contributed by atoms with E-state index in [-0.39, 0.29) is 0 Å². The predicted octanol–water partition coefficient (Wildman–Crippen LogP) is 5.79. The highest BCUT2D eigenvalue weighted by molar-refractivity contribution is 5.64. The maximum absolute atomic E-state index is 10.6. The van der Waals surface area contributed by atoms with Crippen LogP contribution < -0.4 is 0 Å². The van der Waals surface area contributed by atoms with E-state index in [9.17, 15) is 4.79 Å². The molecular formula is C22H34O. The molecule has 1 unspecified atom stereocenters. The van der Waals surface area contributed by atoms with Gasteiger partial charge in [-0.15, -0.1) is 0 Å². The molecule has 0 aromatic carbocycles. The molecule has 0 N–H and O–H groups in total. The van der Waals surface area contributed by atoms with Gasteiger partial charge < -0.3 is 0 Å². The van der Waals surface area contributed by atoms with Crippen LogP contribution in [0.2, 0.25) is 0 Å². The smallest absolute Gasteiger partial charge is 0.142 e. The van der Waals surface area contributed by atoms with Crippen molar-refractivity contribution in [2.24, 2.45) is 40.9 Å². The van der Waals surface area contributed by atoms with E-state index in [2.05, 4.69) is 13.0 Å². The first-order valence-corrected chi connectivity index (χ1v) is 10.3. The molecule has 1 nitrogen and oxygen atoms in total. The third-order valence-corrected chi connectivity index (χ3v) is 8.71. The van der Waals surface area contributed by atoms with Gasteiger partial charge in [0.05, 0.1) is 0 Å². The number of carbonyl (C=O) groups excluding carboxylic acids is 1. The zero-order valence-corrected chi connectivity index (χ0v) is 14.9. The van der Waals surface area contributed by atoms with Crippen LogP contribution in [0.3, 0.4) is 0 Å². The van der Waals surface area contributed by atoms with E-state index in [1.807, 2.05) is 0 Å². The summed E-state index contributed by atoms with van der Waals surface area (Å²) in [4.78, 5) is 10.6. The van der Waals surface area contributed by atoms with E-state index in [4.69, 9.17) is 0 Å². The van der Waals surface area contributed by atoms with Gasteiger partial charge >= 0.3 is 0 Å². The van der Waals surface area contributed by atoms with Gasteiger partial charge in [-0.3, -0.25) is 4.79 Å². The summed E-state index contributed by atoms with van der Waals surface area (Å²) in [6.07, 6.45) is 20.9. The number of hydrogen-bond acceptors (Lipinski definition) is 1. The minimum atomic E-state index is 0.565. The molecule has 4 fully saturated rings. The molecule has 1 heteroatoms. The van der Waals surface area contributed by atoms with Crippen molar-refractivity contribution >= 4 is 6.29 Å². The molecule has 4 aliphatic carbocycles. The van der Waals surface area contributed by atoms with Crippen LogP contribution in [0.25, 0.3) is 0 Å². The Morgan fingerprint density at radius 1 is 0.913 bits per heavy atom. The van der Waals surface area contributed by atoms with Crippen LogP contribution in [0.15, 0.2) is 12.2 Å². The Morgan fingerprint density at radius 2 is 1.78 bits per heavy atom. The number of aldehydes is 1. The van der Waals surface area contributed by atoms with Crippen molar-refractivity contribution in [3.05, 3.63) is 12.2 Å². The van der Waals surface area contributed by atoms with Crippen LogP contribution in [-0.4, -0.2) is 6.29 Å². The zero-order valence-electron chi connectivity index (χ0n) is 14.9. The summed E-state index contributed by atoms with van der Waals surface area (Å²) < 4.78 is 0. The zero-order chi connectivity index (χ0) is 15.9. The van der Waals surface area contributed by atoms with Crippen molar-refractivity contribution in [3.8, 4) is 0 Å². The maximum atomic E-state index is 10.6. The molecule has 128 valence electrons. The van der Waals surface area contributed by atoms with Crippen molar-refractivity contribution < 1.29 is 4.79 Å². The number of allylic oxidation sites excluding steroid dienone is 2. The molecule has 4 aliphatic rings. The Labute approximate surface area is 142 Å². The molecule has 0 aliphatic heterocycles. The Balaban J connectivity index is 1.50. The minimum Gasteiger partial charge on any atom is -0.299 e. The third kappa shape index (κ3) is 2.63. The molecule has 23 heavy (non-hydrogen) atoms. The number of hydrogen-bond donors (Lipinski definition) is 0. The summed E-state index contributed by atoms with van der Waals surface area (Å²) in [6, 6.07) is 0. The second kappa shape index (κ2) is 6.37. The predicted molar refractivity (Wildman–Crippen MR) is 95.0 cm³/mol. The van der Waals surface area contributed by atoms with Crippen LogP contribution in [-0.2, 0) is 4.79 Å². The summed E-state index contributed by atoms with van der Waals surface area (Å²) in [5.41, 5.74) is 0.565. The lowest BCUT2D eigenvalue weighted by atomic mass is 9.49. The SMILES string of the molecule is C[C@]12CC[C@H]3[C@@H](CCC4CCCC[C@@H]43)[C@@H]1CC[C@@H]2CC=CC=O. The van der Waals surface area contributed by atoms with Crippen LogP contribution in [0.5, 0.6) is 0 Å². The molecule has 0 radical (unpaired) electrons. The molecule has 0 spiro atoms. The van der Waals surface area contributed by atoms with Crippen LogP contribution in [0.1, 0.15) is 77.6 Å². The number of carbonyl (C=O) groups is 1. The van der Waals surface area contributed by atoms with Gasteiger partial charge in [0.1, 0.15) is 6.29 Å². The van der Waals surface area contributed by atoms with E-state index in [0.29, 0.717) is 5.41 Å². The second-order valence-electron chi connectivity index (χ2n) is 9.34. The highest BCUT2D eigenvalue weighted by Gasteiger charge is 2.56. The monoisotopic (exact) mass is 314 g/mol. The number of fused-ring (bicyclic) bond motifs is 5. The van der Waals surface area contributed by atoms with Gasteiger partial charge in [0.25, 0.3) is 0 Å². The molecule has 0 heterocycles. The van der Waals surface area contributed by atoms with Crippen molar-refractivity contribution in [2.45, 2.75) is 77.6 Å². The number of rotatable bonds is 3. The van der Waals surface area contributed by atoms with Crippen molar-refractivity contribution in [1.82, 2.24) is 0 Å². The molecule has 4 rings (SSSR count). The van der Waals surface area contributed by atoms with E-state index >= 15 is 0 Å². The van der Waals surface area contributed by atoms with Gasteiger partial charge in [0, 0.05) is 0 Å². The summed E-state index contributed by atoms with van der Waals surface area (Å²) in [7, 11) is 0. The minimum absolute atomic E-state index is 0.565. The fourth-order valence-corrected chi connectivity index (χ4v) is 7.62. The van der Waals surface area contributed by atoms with Crippen LogP contribution in [0, 0.1) is 40.9 Å². The van der Waals surface area contributed by atoms with Crippen molar-refractivity contribution in [2.75, 3.05) is 0 Å². The molecule has 0 aromatic rings. The maximum Gasteiger partial charge on any atom is 0.142 e. The lowest BCUT2D eigenvalue weighted by Gasteiger charge is -2.55. The van der Waals surface area contributed by atoms with Crippen LogP contribution in [0.4, 0.5) is 0 Å².